The Hall–Kier alpha value is -6.36. The second kappa shape index (κ2) is 17.5. The van der Waals surface area contributed by atoms with E-state index in [-0.39, 0.29) is 17.8 Å². The van der Waals surface area contributed by atoms with Crippen molar-refractivity contribution in [3.63, 3.8) is 0 Å². The lowest BCUT2D eigenvalue weighted by Crippen LogP contribution is -2.45. The number of nitrogens with zero attached hydrogens (tertiary/aromatic N) is 3. The van der Waals surface area contributed by atoms with Crippen LogP contribution in [0.1, 0.15) is 0 Å². The predicted molar refractivity (Wildman–Crippen MR) is 239 cm³/mol. The van der Waals surface area contributed by atoms with Crippen LogP contribution in [0.2, 0.25) is 0 Å². The predicted octanol–water partition coefficient (Wildman–Crippen LogP) is 4.40. The Morgan fingerprint density at radius 1 is 0.350 bits per heavy atom. The van der Waals surface area contributed by atoms with Gasteiger partial charge in [0, 0.05) is 33.2 Å². The zero-order valence-electron chi connectivity index (χ0n) is 32.4. The van der Waals surface area contributed by atoms with E-state index in [1.54, 1.807) is 36.4 Å². The van der Waals surface area contributed by atoms with Crippen molar-refractivity contribution in [1.29, 1.82) is 0 Å². The average molecular weight is 871 g/mol. The molecule has 9 N–H and O–H groups in total. The number of nitrogens with one attached hydrogen (secondary N) is 9. The maximum Gasteiger partial charge on any atom is 0.251 e. The third kappa shape index (κ3) is 9.25. The number of hydrogen-bond donors (Lipinski definition) is 9. The number of hydrogen-bond acceptors (Lipinski definition) is 15. The van der Waals surface area contributed by atoms with E-state index in [0.717, 1.165) is 32.3 Å². The van der Waals surface area contributed by atoms with Crippen LogP contribution < -0.4 is 46.1 Å². The van der Waals surface area contributed by atoms with Crippen LogP contribution >= 0.6 is 0 Å². The van der Waals surface area contributed by atoms with Gasteiger partial charge in [-0.2, -0.15) is 15.0 Å². The monoisotopic (exact) mass is 870 g/mol. The van der Waals surface area contributed by atoms with Crippen LogP contribution in [0.3, 0.4) is 0 Å². The molecule has 7 aromatic rings. The van der Waals surface area contributed by atoms with Crippen LogP contribution in [0.4, 0.5) is 34.9 Å². The minimum absolute atomic E-state index is 0.386. The first-order chi connectivity index (χ1) is 28.8. The SMILES string of the molecule is CNS(=O)(=O)C(Nc1nc(NC(Nc2cccc3ccccc23)S(=O)(=O)NC)nc(NC(Nc2cccc3ccccc23)S(=O)(=O)NC)n1)Nc1cccc2ccccc12. The highest BCUT2D eigenvalue weighted by molar-refractivity contribution is 7.90. The number of rotatable bonds is 18. The number of aromatic nitrogens is 3. The summed E-state index contributed by atoms with van der Waals surface area (Å²) in [5.41, 5.74) is -3.54. The van der Waals surface area contributed by atoms with Gasteiger partial charge in [-0.15, -0.1) is 0 Å². The summed E-state index contributed by atoms with van der Waals surface area (Å²) in [6.07, 6.45) is 0. The normalized spacial score (nSPS) is 13.7. The van der Waals surface area contributed by atoms with Crippen molar-refractivity contribution in [2.45, 2.75) is 16.5 Å². The largest absolute Gasteiger partial charge is 0.351 e. The topological polar surface area (TPSA) is 249 Å². The zero-order valence-corrected chi connectivity index (χ0v) is 34.8. The van der Waals surface area contributed by atoms with E-state index in [4.69, 9.17) is 0 Å². The molecule has 0 saturated carbocycles. The van der Waals surface area contributed by atoms with Crippen molar-refractivity contribution < 1.29 is 25.3 Å². The Kier molecular flexibility index (Phi) is 12.2. The molecule has 3 atom stereocenters. The van der Waals surface area contributed by atoms with Gasteiger partial charge >= 0.3 is 0 Å². The fourth-order valence-electron chi connectivity index (χ4n) is 6.33. The van der Waals surface area contributed by atoms with Crippen molar-refractivity contribution in [2.75, 3.05) is 53.0 Å². The fraction of sp³-hybridized carbons (Fsp3) is 0.154. The molecule has 3 unspecified atom stereocenters. The molecule has 0 radical (unpaired) electrons. The van der Waals surface area contributed by atoms with E-state index >= 15 is 0 Å². The first kappa shape index (κ1) is 41.8. The first-order valence-electron chi connectivity index (χ1n) is 18.4. The second-order valence-corrected chi connectivity index (χ2v) is 19.0. The summed E-state index contributed by atoms with van der Waals surface area (Å²) in [6.45, 7) is 0. The summed E-state index contributed by atoms with van der Waals surface area (Å²) < 4.78 is 88.5. The molecular formula is C39H42N12O6S3. The quantitative estimate of drug-likeness (QED) is 0.0543. The Bertz CT molecular complexity index is 2660. The van der Waals surface area contributed by atoms with E-state index in [2.05, 4.69) is 61.0 Å². The first-order valence-corrected chi connectivity index (χ1v) is 23.0. The smallest absolute Gasteiger partial charge is 0.251 e. The van der Waals surface area contributed by atoms with Crippen LogP contribution in [0.15, 0.2) is 127 Å². The van der Waals surface area contributed by atoms with Gasteiger partial charge in [-0.1, -0.05) is 109 Å². The van der Waals surface area contributed by atoms with Gasteiger partial charge < -0.3 is 31.9 Å². The van der Waals surface area contributed by atoms with Crippen molar-refractivity contribution >= 4 is 97.3 Å². The molecule has 0 aliphatic heterocycles. The van der Waals surface area contributed by atoms with Crippen molar-refractivity contribution in [1.82, 2.24) is 29.1 Å². The molecule has 21 heteroatoms. The molecule has 0 bridgehead atoms. The minimum Gasteiger partial charge on any atom is -0.351 e. The molecule has 0 spiro atoms. The molecule has 7 rings (SSSR count). The van der Waals surface area contributed by atoms with Gasteiger partial charge in [0.25, 0.3) is 30.1 Å². The number of benzene rings is 6. The molecule has 60 heavy (non-hydrogen) atoms. The second-order valence-electron chi connectivity index (χ2n) is 13.1. The zero-order chi connectivity index (χ0) is 42.5. The summed E-state index contributed by atoms with van der Waals surface area (Å²) in [6, 6.07) is 38.1. The van der Waals surface area contributed by atoms with Crippen LogP contribution in [0.25, 0.3) is 32.3 Å². The summed E-state index contributed by atoms with van der Waals surface area (Å²) in [7, 11) is -8.96. The lowest BCUT2D eigenvalue weighted by atomic mass is 10.1. The molecular weight excluding hydrogens is 829 g/mol. The van der Waals surface area contributed by atoms with Gasteiger partial charge in [0.15, 0.2) is 0 Å². The summed E-state index contributed by atoms with van der Waals surface area (Å²) in [5.74, 6) is -1.16. The summed E-state index contributed by atoms with van der Waals surface area (Å²) in [5, 5.41) is 22.1. The summed E-state index contributed by atoms with van der Waals surface area (Å²) in [4.78, 5) is 13.2. The Labute approximate surface area is 347 Å². The Morgan fingerprint density at radius 2 is 0.600 bits per heavy atom. The van der Waals surface area contributed by atoms with E-state index in [1.807, 2.05) is 91.0 Å². The highest BCUT2D eigenvalue weighted by Gasteiger charge is 2.31. The highest BCUT2D eigenvalue weighted by atomic mass is 32.2. The molecule has 0 aliphatic rings. The lowest BCUT2D eigenvalue weighted by molar-refractivity contribution is 0.580. The van der Waals surface area contributed by atoms with Gasteiger partial charge in [0.2, 0.25) is 34.3 Å². The van der Waals surface area contributed by atoms with Crippen LogP contribution in [-0.4, -0.2) is 77.8 Å². The van der Waals surface area contributed by atoms with Gasteiger partial charge in [0.1, 0.15) is 0 Å². The standard InChI is InChI=1S/C39H42N12O6S3/c1-40-58(52,53)37(43-31-22-10-16-25-13-4-7-19-28(25)31)49-34-46-35(50-38(59(54,55)41-2)44-32-23-11-17-26-14-5-8-20-29(26)32)48-36(47-34)51-39(60(56,57)42-3)45-33-24-12-18-27-15-6-9-21-30(27)33/h4-24,37-45H,1-3H3,(H3,46,47,48,49,50,51). The van der Waals surface area contributed by atoms with Crippen LogP contribution in [0, 0.1) is 0 Å². The average Bonchev–Trinajstić information content (AvgIpc) is 3.26. The van der Waals surface area contributed by atoms with Gasteiger partial charge in [-0.05, 0) is 55.5 Å². The van der Waals surface area contributed by atoms with Crippen LogP contribution in [-0.2, 0) is 30.1 Å². The van der Waals surface area contributed by atoms with E-state index in [9.17, 15) is 25.3 Å². The number of anilines is 6. The van der Waals surface area contributed by atoms with Crippen molar-refractivity contribution in [2.24, 2.45) is 0 Å². The minimum atomic E-state index is -4.22. The lowest BCUT2D eigenvalue weighted by Gasteiger charge is -2.25. The maximum atomic E-state index is 13.6. The van der Waals surface area contributed by atoms with E-state index < -0.39 is 46.6 Å². The Morgan fingerprint density at radius 3 is 0.867 bits per heavy atom. The Balaban J connectivity index is 1.32. The number of fused-ring (bicyclic) bond motifs is 3. The highest BCUT2D eigenvalue weighted by Crippen LogP contribution is 2.28. The van der Waals surface area contributed by atoms with E-state index in [1.165, 1.54) is 21.1 Å². The molecule has 0 saturated heterocycles. The van der Waals surface area contributed by atoms with Gasteiger partial charge in [0.05, 0.1) is 0 Å². The van der Waals surface area contributed by atoms with E-state index in [0.29, 0.717) is 17.1 Å². The van der Waals surface area contributed by atoms with Crippen LogP contribution in [0.5, 0.6) is 0 Å². The molecule has 18 nitrogen and oxygen atoms in total. The van der Waals surface area contributed by atoms with Gasteiger partial charge in [-0.3, -0.25) is 0 Å². The molecule has 0 amide bonds. The summed E-state index contributed by atoms with van der Waals surface area (Å²) >= 11 is 0. The van der Waals surface area contributed by atoms with Gasteiger partial charge in [-0.25, -0.2) is 39.4 Å². The molecule has 6 aromatic carbocycles. The molecule has 1 aromatic heterocycles. The third-order valence-electron chi connectivity index (χ3n) is 9.43. The molecule has 1 heterocycles. The molecule has 312 valence electrons. The van der Waals surface area contributed by atoms with Crippen molar-refractivity contribution in [3.8, 4) is 0 Å². The number of sulfonamides is 3. The molecule has 0 fully saturated rings. The maximum absolute atomic E-state index is 13.6. The molecule has 0 aliphatic carbocycles. The van der Waals surface area contributed by atoms with Crippen molar-refractivity contribution in [3.05, 3.63) is 127 Å². The fourth-order valence-corrected chi connectivity index (χ4v) is 8.66. The third-order valence-corrected chi connectivity index (χ3v) is 13.7.